The molecule has 5 heteroatoms. The standard InChI is InChI=1S/C15H18N4S/c1-12-9-14(19(3)18-12)20-11-15(10-16,17-2)13-7-5-4-6-8-13/h4-9,17H,11H2,1-3H3. The molecule has 0 aliphatic carbocycles. The lowest BCUT2D eigenvalue weighted by Crippen LogP contribution is -2.41. The molecule has 0 aliphatic rings. The Morgan fingerprint density at radius 2 is 2.10 bits per heavy atom. The summed E-state index contributed by atoms with van der Waals surface area (Å²) < 4.78 is 1.85. The molecule has 2 rings (SSSR count). The minimum atomic E-state index is -0.690. The van der Waals surface area contributed by atoms with Gasteiger partial charge in [-0.3, -0.25) is 10.00 Å². The lowest BCUT2D eigenvalue weighted by atomic mass is 9.94. The summed E-state index contributed by atoms with van der Waals surface area (Å²) in [5, 5.41) is 18.2. The molecule has 1 atom stereocenters. The fraction of sp³-hybridized carbons (Fsp3) is 0.333. The van der Waals surface area contributed by atoms with E-state index in [1.165, 1.54) is 0 Å². The van der Waals surface area contributed by atoms with Gasteiger partial charge >= 0.3 is 0 Å². The van der Waals surface area contributed by atoms with Gasteiger partial charge in [0.1, 0.15) is 5.54 Å². The Bertz CT molecular complexity index is 615. The van der Waals surface area contributed by atoms with Crippen LogP contribution in [0.1, 0.15) is 11.3 Å². The van der Waals surface area contributed by atoms with E-state index in [0.29, 0.717) is 5.75 Å². The van der Waals surface area contributed by atoms with Gasteiger partial charge in [-0.25, -0.2) is 0 Å². The molecule has 1 N–H and O–H groups in total. The number of hydrogen-bond acceptors (Lipinski definition) is 4. The van der Waals surface area contributed by atoms with Crippen LogP contribution >= 0.6 is 11.8 Å². The number of aryl methyl sites for hydroxylation is 2. The lowest BCUT2D eigenvalue weighted by molar-refractivity contribution is 0.527. The molecular formula is C15H18N4S. The van der Waals surface area contributed by atoms with Gasteiger partial charge in [0.05, 0.1) is 16.8 Å². The SMILES string of the molecule is CNC(C#N)(CSc1cc(C)nn1C)c1ccccc1. The van der Waals surface area contributed by atoms with Crippen molar-refractivity contribution in [3.8, 4) is 6.07 Å². The third-order valence-corrected chi connectivity index (χ3v) is 4.54. The van der Waals surface area contributed by atoms with Crippen LogP contribution in [-0.4, -0.2) is 22.6 Å². The summed E-state index contributed by atoms with van der Waals surface area (Å²) in [5.41, 5.74) is 1.28. The molecule has 0 amide bonds. The minimum Gasteiger partial charge on any atom is -0.298 e. The van der Waals surface area contributed by atoms with E-state index in [0.717, 1.165) is 16.3 Å². The molecule has 1 heterocycles. The molecule has 0 aliphatic heterocycles. The van der Waals surface area contributed by atoms with Gasteiger partial charge in [0, 0.05) is 12.8 Å². The highest BCUT2D eigenvalue weighted by molar-refractivity contribution is 7.99. The van der Waals surface area contributed by atoms with E-state index in [2.05, 4.69) is 16.5 Å². The maximum atomic E-state index is 9.63. The van der Waals surface area contributed by atoms with Gasteiger partial charge in [-0.15, -0.1) is 11.8 Å². The zero-order chi connectivity index (χ0) is 14.6. The molecule has 0 fully saturated rings. The normalized spacial score (nSPS) is 13.7. The summed E-state index contributed by atoms with van der Waals surface area (Å²) in [6.45, 7) is 1.97. The predicted octanol–water partition coefficient (Wildman–Crippen LogP) is 2.46. The smallest absolute Gasteiger partial charge is 0.141 e. The summed E-state index contributed by atoms with van der Waals surface area (Å²) in [5.74, 6) is 0.628. The fourth-order valence-electron chi connectivity index (χ4n) is 2.08. The van der Waals surface area contributed by atoms with Crippen LogP contribution in [-0.2, 0) is 12.6 Å². The first-order chi connectivity index (χ1) is 9.61. The highest BCUT2D eigenvalue weighted by Gasteiger charge is 2.30. The topological polar surface area (TPSA) is 53.6 Å². The second-order valence-electron chi connectivity index (χ2n) is 4.67. The maximum Gasteiger partial charge on any atom is 0.141 e. The van der Waals surface area contributed by atoms with Crippen molar-refractivity contribution < 1.29 is 0 Å². The van der Waals surface area contributed by atoms with Crippen molar-refractivity contribution in [3.63, 3.8) is 0 Å². The van der Waals surface area contributed by atoms with Crippen molar-refractivity contribution in [2.24, 2.45) is 7.05 Å². The molecule has 4 nitrogen and oxygen atoms in total. The molecule has 0 radical (unpaired) electrons. The van der Waals surface area contributed by atoms with Crippen molar-refractivity contribution in [2.45, 2.75) is 17.5 Å². The summed E-state index contributed by atoms with van der Waals surface area (Å²) in [4.78, 5) is 0. The molecule has 1 unspecified atom stereocenters. The van der Waals surface area contributed by atoms with Gasteiger partial charge in [0.2, 0.25) is 0 Å². The second-order valence-corrected chi connectivity index (χ2v) is 5.67. The fourth-order valence-corrected chi connectivity index (χ4v) is 3.30. The van der Waals surface area contributed by atoms with E-state index >= 15 is 0 Å². The Morgan fingerprint density at radius 3 is 2.60 bits per heavy atom. The van der Waals surface area contributed by atoms with Gasteiger partial charge in [0.25, 0.3) is 0 Å². The summed E-state index contributed by atoms with van der Waals surface area (Å²) in [7, 11) is 3.75. The quantitative estimate of drug-likeness (QED) is 0.858. The van der Waals surface area contributed by atoms with Crippen LogP contribution in [0.15, 0.2) is 41.4 Å². The number of nitrogens with zero attached hydrogens (tertiary/aromatic N) is 3. The Hall–Kier alpha value is -1.77. The third-order valence-electron chi connectivity index (χ3n) is 3.28. The van der Waals surface area contributed by atoms with E-state index in [-0.39, 0.29) is 0 Å². The van der Waals surface area contributed by atoms with E-state index in [1.54, 1.807) is 11.8 Å². The van der Waals surface area contributed by atoms with Crippen LogP contribution in [0.5, 0.6) is 0 Å². The van der Waals surface area contributed by atoms with E-state index in [1.807, 2.05) is 62.1 Å². The molecule has 0 spiro atoms. The largest absolute Gasteiger partial charge is 0.298 e. The predicted molar refractivity (Wildman–Crippen MR) is 81.5 cm³/mol. The van der Waals surface area contributed by atoms with Crippen molar-refractivity contribution in [2.75, 3.05) is 12.8 Å². The average molecular weight is 286 g/mol. The van der Waals surface area contributed by atoms with Crippen molar-refractivity contribution in [1.29, 1.82) is 5.26 Å². The number of benzene rings is 1. The first-order valence-corrected chi connectivity index (χ1v) is 7.39. The molecular weight excluding hydrogens is 268 g/mol. The Morgan fingerprint density at radius 1 is 1.40 bits per heavy atom. The maximum absolute atomic E-state index is 9.63. The van der Waals surface area contributed by atoms with Crippen molar-refractivity contribution >= 4 is 11.8 Å². The summed E-state index contributed by atoms with van der Waals surface area (Å²) in [6, 6.07) is 14.3. The molecule has 104 valence electrons. The van der Waals surface area contributed by atoms with Gasteiger partial charge < -0.3 is 0 Å². The zero-order valence-electron chi connectivity index (χ0n) is 11.9. The molecule has 1 aromatic heterocycles. The number of nitrogens with one attached hydrogen (secondary N) is 1. The van der Waals surface area contributed by atoms with Gasteiger partial charge in [0.15, 0.2) is 0 Å². The Balaban J connectivity index is 2.23. The van der Waals surface area contributed by atoms with Crippen LogP contribution < -0.4 is 5.32 Å². The molecule has 0 saturated heterocycles. The highest BCUT2D eigenvalue weighted by Crippen LogP contribution is 2.29. The second kappa shape index (κ2) is 6.12. The van der Waals surface area contributed by atoms with Crippen LogP contribution in [0.4, 0.5) is 0 Å². The molecule has 20 heavy (non-hydrogen) atoms. The first kappa shape index (κ1) is 14.6. The van der Waals surface area contributed by atoms with Crippen LogP contribution in [0, 0.1) is 18.3 Å². The van der Waals surface area contributed by atoms with Crippen LogP contribution in [0.25, 0.3) is 0 Å². The Kier molecular flexibility index (Phi) is 4.48. The van der Waals surface area contributed by atoms with Gasteiger partial charge in [-0.1, -0.05) is 30.3 Å². The highest BCUT2D eigenvalue weighted by atomic mass is 32.2. The molecule has 2 aromatic rings. The third kappa shape index (κ3) is 2.87. The Labute approximate surface area is 123 Å². The van der Waals surface area contributed by atoms with Crippen molar-refractivity contribution in [1.82, 2.24) is 15.1 Å². The van der Waals surface area contributed by atoms with Crippen molar-refractivity contribution in [3.05, 3.63) is 47.7 Å². The number of rotatable bonds is 5. The van der Waals surface area contributed by atoms with E-state index < -0.39 is 5.54 Å². The molecule has 1 aromatic carbocycles. The monoisotopic (exact) mass is 286 g/mol. The van der Waals surface area contributed by atoms with E-state index in [4.69, 9.17) is 0 Å². The van der Waals surface area contributed by atoms with Gasteiger partial charge in [-0.05, 0) is 25.6 Å². The van der Waals surface area contributed by atoms with Crippen LogP contribution in [0.2, 0.25) is 0 Å². The number of aromatic nitrogens is 2. The molecule has 0 saturated carbocycles. The summed E-state index contributed by atoms with van der Waals surface area (Å²) in [6.07, 6.45) is 0. The van der Waals surface area contributed by atoms with Gasteiger partial charge in [-0.2, -0.15) is 10.4 Å². The summed E-state index contributed by atoms with van der Waals surface area (Å²) >= 11 is 1.63. The first-order valence-electron chi connectivity index (χ1n) is 6.40. The minimum absolute atomic E-state index is 0.628. The van der Waals surface area contributed by atoms with Crippen LogP contribution in [0.3, 0.4) is 0 Å². The molecule has 0 bridgehead atoms. The number of hydrogen-bond donors (Lipinski definition) is 1. The van der Waals surface area contributed by atoms with E-state index in [9.17, 15) is 5.26 Å². The lowest BCUT2D eigenvalue weighted by Gasteiger charge is -2.26. The zero-order valence-corrected chi connectivity index (χ0v) is 12.7. The number of thioether (sulfide) groups is 1. The number of nitriles is 1. The average Bonchev–Trinajstić information content (AvgIpc) is 2.80.